The Bertz CT molecular complexity index is 1100. The van der Waals surface area contributed by atoms with Gasteiger partial charge in [-0.2, -0.15) is 5.10 Å². The summed E-state index contributed by atoms with van der Waals surface area (Å²) in [4.78, 5) is 4.78. The lowest BCUT2D eigenvalue weighted by Crippen LogP contribution is -2.00. The summed E-state index contributed by atoms with van der Waals surface area (Å²) in [5.74, 6) is 1.28. The van der Waals surface area contributed by atoms with E-state index in [2.05, 4.69) is 51.9 Å². The highest BCUT2D eigenvalue weighted by atomic mass is 15.2. The summed E-state index contributed by atoms with van der Waals surface area (Å²) in [7, 11) is 0. The van der Waals surface area contributed by atoms with Crippen LogP contribution in [0.5, 0.6) is 0 Å². The SMILES string of the molecule is Nc1n[nH]c2nc(Nc3cccc4c3CCC4)c(-c3ccccc3)cc12. The second kappa shape index (κ2) is 5.88. The third kappa shape index (κ3) is 2.40. The van der Waals surface area contributed by atoms with Crippen LogP contribution in [0.3, 0.4) is 0 Å². The number of anilines is 3. The molecule has 4 aromatic rings. The summed E-state index contributed by atoms with van der Waals surface area (Å²) in [6.07, 6.45) is 3.47. The van der Waals surface area contributed by atoms with E-state index in [1.54, 1.807) is 0 Å². The molecule has 0 unspecified atom stereocenters. The van der Waals surface area contributed by atoms with Crippen molar-refractivity contribution in [1.29, 1.82) is 0 Å². The van der Waals surface area contributed by atoms with Gasteiger partial charge in [-0.1, -0.05) is 42.5 Å². The van der Waals surface area contributed by atoms with Gasteiger partial charge in [0.2, 0.25) is 0 Å². The van der Waals surface area contributed by atoms with Crippen molar-refractivity contribution < 1.29 is 0 Å². The van der Waals surface area contributed by atoms with Gasteiger partial charge < -0.3 is 11.1 Å². The largest absolute Gasteiger partial charge is 0.382 e. The third-order valence-electron chi connectivity index (χ3n) is 5.06. The predicted octanol–water partition coefficient (Wildman–Crippen LogP) is 4.44. The fourth-order valence-corrected chi connectivity index (χ4v) is 3.76. The van der Waals surface area contributed by atoms with Gasteiger partial charge in [-0.05, 0) is 48.1 Å². The number of aromatic nitrogens is 3. The molecule has 4 N–H and O–H groups in total. The average Bonchev–Trinajstić information content (AvgIpc) is 3.29. The Morgan fingerprint density at radius 2 is 1.88 bits per heavy atom. The first-order chi connectivity index (χ1) is 12.8. The molecule has 2 aromatic carbocycles. The smallest absolute Gasteiger partial charge is 0.159 e. The molecule has 0 saturated heterocycles. The molecule has 0 fully saturated rings. The van der Waals surface area contributed by atoms with Crippen LogP contribution in [0, 0.1) is 0 Å². The molecule has 5 nitrogen and oxygen atoms in total. The number of nitrogens with one attached hydrogen (secondary N) is 2. The van der Waals surface area contributed by atoms with Crippen LogP contribution < -0.4 is 11.1 Å². The lowest BCUT2D eigenvalue weighted by Gasteiger charge is -2.14. The second-order valence-electron chi connectivity index (χ2n) is 6.68. The third-order valence-corrected chi connectivity index (χ3v) is 5.06. The predicted molar refractivity (Wildman–Crippen MR) is 105 cm³/mol. The van der Waals surface area contributed by atoms with Gasteiger partial charge in [-0.3, -0.25) is 5.10 Å². The first-order valence-corrected chi connectivity index (χ1v) is 8.87. The van der Waals surface area contributed by atoms with E-state index in [9.17, 15) is 0 Å². The van der Waals surface area contributed by atoms with Crippen molar-refractivity contribution in [2.75, 3.05) is 11.1 Å². The first-order valence-electron chi connectivity index (χ1n) is 8.87. The lowest BCUT2D eigenvalue weighted by molar-refractivity contribution is 0.912. The number of nitrogen functional groups attached to an aromatic ring is 1. The summed E-state index contributed by atoms with van der Waals surface area (Å²) >= 11 is 0. The number of pyridine rings is 1. The second-order valence-corrected chi connectivity index (χ2v) is 6.68. The molecular formula is C21H19N5. The molecule has 0 amide bonds. The van der Waals surface area contributed by atoms with Crippen molar-refractivity contribution in [2.24, 2.45) is 0 Å². The van der Waals surface area contributed by atoms with Gasteiger partial charge in [-0.25, -0.2) is 4.98 Å². The minimum atomic E-state index is 0.469. The van der Waals surface area contributed by atoms with E-state index in [0.29, 0.717) is 11.5 Å². The van der Waals surface area contributed by atoms with E-state index < -0.39 is 0 Å². The molecule has 5 rings (SSSR count). The topological polar surface area (TPSA) is 79.6 Å². The number of benzene rings is 2. The highest BCUT2D eigenvalue weighted by Crippen LogP contribution is 2.36. The molecule has 26 heavy (non-hydrogen) atoms. The van der Waals surface area contributed by atoms with E-state index in [4.69, 9.17) is 10.7 Å². The Morgan fingerprint density at radius 3 is 2.77 bits per heavy atom. The number of aromatic amines is 1. The van der Waals surface area contributed by atoms with Gasteiger partial charge in [0.1, 0.15) is 5.82 Å². The maximum absolute atomic E-state index is 6.00. The molecule has 5 heteroatoms. The molecule has 0 spiro atoms. The van der Waals surface area contributed by atoms with Crippen LogP contribution in [0.2, 0.25) is 0 Å². The van der Waals surface area contributed by atoms with E-state index in [-0.39, 0.29) is 0 Å². The van der Waals surface area contributed by atoms with E-state index in [0.717, 1.165) is 40.9 Å². The number of hydrogen-bond donors (Lipinski definition) is 3. The minimum Gasteiger partial charge on any atom is -0.382 e. The first kappa shape index (κ1) is 15.0. The maximum Gasteiger partial charge on any atom is 0.159 e. The fourth-order valence-electron chi connectivity index (χ4n) is 3.76. The summed E-state index contributed by atoms with van der Waals surface area (Å²) in [5, 5.41) is 11.4. The van der Waals surface area contributed by atoms with Crippen molar-refractivity contribution in [1.82, 2.24) is 15.2 Å². The monoisotopic (exact) mass is 341 g/mol. The van der Waals surface area contributed by atoms with Crippen molar-refractivity contribution in [3.8, 4) is 11.1 Å². The van der Waals surface area contributed by atoms with Gasteiger partial charge in [0, 0.05) is 11.3 Å². The number of nitrogens with two attached hydrogens (primary N) is 1. The maximum atomic E-state index is 6.00. The Hall–Kier alpha value is -3.34. The molecule has 0 bridgehead atoms. The Morgan fingerprint density at radius 1 is 1.00 bits per heavy atom. The van der Waals surface area contributed by atoms with Gasteiger partial charge >= 0.3 is 0 Å². The number of H-pyrrole nitrogens is 1. The minimum absolute atomic E-state index is 0.469. The molecule has 0 saturated carbocycles. The Kier molecular flexibility index (Phi) is 3.38. The van der Waals surface area contributed by atoms with Crippen LogP contribution >= 0.6 is 0 Å². The summed E-state index contributed by atoms with van der Waals surface area (Å²) in [6.45, 7) is 0. The van der Waals surface area contributed by atoms with Crippen LogP contribution in [0.25, 0.3) is 22.2 Å². The van der Waals surface area contributed by atoms with Gasteiger partial charge in [0.15, 0.2) is 11.5 Å². The molecule has 2 aromatic heterocycles. The number of aryl methyl sites for hydroxylation is 1. The van der Waals surface area contributed by atoms with Crippen LogP contribution in [0.15, 0.2) is 54.6 Å². The molecule has 1 aliphatic rings. The van der Waals surface area contributed by atoms with Crippen molar-refractivity contribution in [3.63, 3.8) is 0 Å². The number of fused-ring (bicyclic) bond motifs is 2. The molecule has 0 radical (unpaired) electrons. The number of rotatable bonds is 3. The fraction of sp³-hybridized carbons (Fsp3) is 0.143. The Labute approximate surface area is 151 Å². The van der Waals surface area contributed by atoms with E-state index >= 15 is 0 Å². The highest BCUT2D eigenvalue weighted by Gasteiger charge is 2.17. The summed E-state index contributed by atoms with van der Waals surface area (Å²) in [6, 6.07) is 18.8. The normalized spacial score (nSPS) is 13.1. The van der Waals surface area contributed by atoms with Crippen LogP contribution in [0.4, 0.5) is 17.3 Å². The van der Waals surface area contributed by atoms with Crippen LogP contribution in [0.1, 0.15) is 17.5 Å². The van der Waals surface area contributed by atoms with Gasteiger partial charge in [0.25, 0.3) is 0 Å². The molecule has 0 atom stereocenters. The van der Waals surface area contributed by atoms with Crippen LogP contribution in [-0.2, 0) is 12.8 Å². The summed E-state index contributed by atoms with van der Waals surface area (Å²) in [5.41, 5.74) is 12.8. The number of hydrogen-bond acceptors (Lipinski definition) is 4. The zero-order valence-electron chi connectivity index (χ0n) is 14.3. The van der Waals surface area contributed by atoms with Gasteiger partial charge in [-0.15, -0.1) is 0 Å². The summed E-state index contributed by atoms with van der Waals surface area (Å²) < 4.78 is 0. The van der Waals surface area contributed by atoms with Crippen molar-refractivity contribution in [3.05, 3.63) is 65.7 Å². The van der Waals surface area contributed by atoms with E-state index in [1.165, 1.54) is 17.5 Å². The molecule has 1 aliphatic carbocycles. The van der Waals surface area contributed by atoms with Gasteiger partial charge in [0.05, 0.1) is 5.39 Å². The molecule has 0 aliphatic heterocycles. The van der Waals surface area contributed by atoms with Crippen molar-refractivity contribution in [2.45, 2.75) is 19.3 Å². The average molecular weight is 341 g/mol. The zero-order chi connectivity index (χ0) is 17.5. The standard InChI is InChI=1S/C21H19N5/c22-19-17-12-16(14-6-2-1-3-7-14)20(24-21(17)26-25-19)23-18-11-5-9-13-8-4-10-15(13)18/h1-3,5-7,9,11-12H,4,8,10H2,(H4,22,23,24,25,26). The molecular weight excluding hydrogens is 322 g/mol. The zero-order valence-corrected chi connectivity index (χ0v) is 14.3. The Balaban J connectivity index is 1.68. The van der Waals surface area contributed by atoms with Crippen molar-refractivity contribution >= 4 is 28.4 Å². The van der Waals surface area contributed by atoms with Crippen LogP contribution in [-0.4, -0.2) is 15.2 Å². The lowest BCUT2D eigenvalue weighted by atomic mass is 10.0. The highest BCUT2D eigenvalue weighted by molar-refractivity contribution is 5.94. The molecule has 2 heterocycles. The van der Waals surface area contributed by atoms with E-state index in [1.807, 2.05) is 18.2 Å². The number of nitrogens with zero attached hydrogens (tertiary/aromatic N) is 2. The molecule has 128 valence electrons. The quantitative estimate of drug-likeness (QED) is 0.515.